The van der Waals surface area contributed by atoms with E-state index in [0.29, 0.717) is 17.9 Å². The predicted octanol–water partition coefficient (Wildman–Crippen LogP) is 1.34. The molecule has 0 aromatic carbocycles. The summed E-state index contributed by atoms with van der Waals surface area (Å²) in [5, 5.41) is 0. The average molecular weight is 232 g/mol. The number of aromatic nitrogens is 1. The van der Waals surface area contributed by atoms with Crippen LogP contribution in [0.5, 0.6) is 0 Å². The number of nitrogens with two attached hydrogens (primary N) is 1. The van der Waals surface area contributed by atoms with Crippen molar-refractivity contribution < 1.29 is 0 Å². The first kappa shape index (κ1) is 10.8. The minimum atomic E-state index is 0.524. The molecule has 0 radical (unpaired) electrons. The number of nitrogens with zero attached hydrogens (tertiary/aromatic N) is 3. The highest BCUT2D eigenvalue weighted by Gasteiger charge is 2.34. The Morgan fingerprint density at radius 3 is 3.12 bits per heavy atom. The van der Waals surface area contributed by atoms with E-state index in [1.165, 1.54) is 19.4 Å². The first-order valence-electron chi connectivity index (χ1n) is 6.47. The zero-order chi connectivity index (χ0) is 11.8. The topological polar surface area (TPSA) is 45.4 Å². The second-order valence-electron chi connectivity index (χ2n) is 5.20. The zero-order valence-corrected chi connectivity index (χ0v) is 10.3. The minimum absolute atomic E-state index is 0.524. The summed E-state index contributed by atoms with van der Waals surface area (Å²) in [4.78, 5) is 9.24. The molecule has 3 heterocycles. The molecule has 4 heteroatoms. The summed E-state index contributed by atoms with van der Waals surface area (Å²) in [5.74, 6) is 0.658. The van der Waals surface area contributed by atoms with Gasteiger partial charge in [0.2, 0.25) is 0 Å². The summed E-state index contributed by atoms with van der Waals surface area (Å²) in [5.41, 5.74) is 7.09. The van der Waals surface area contributed by atoms with Crippen molar-refractivity contribution in [2.24, 2.45) is 0 Å². The van der Waals surface area contributed by atoms with Crippen molar-refractivity contribution in [3.8, 4) is 0 Å². The summed E-state index contributed by atoms with van der Waals surface area (Å²) in [7, 11) is 0. The molecule has 2 saturated heterocycles. The van der Waals surface area contributed by atoms with Crippen LogP contribution in [0.25, 0.3) is 0 Å². The highest BCUT2D eigenvalue weighted by Crippen LogP contribution is 2.30. The number of pyridine rings is 1. The van der Waals surface area contributed by atoms with Crippen molar-refractivity contribution in [3.63, 3.8) is 0 Å². The van der Waals surface area contributed by atoms with Crippen molar-refractivity contribution >= 4 is 11.5 Å². The highest BCUT2D eigenvalue weighted by atomic mass is 15.3. The standard InChI is InChI=1S/C13H20N4/c1-10-8-16-7-3-4-11(16)9-17(10)12-5-2-6-15-13(12)14/h2,5-6,10-11H,3-4,7-9H2,1H3,(H2,14,15). The molecule has 2 N–H and O–H groups in total. The van der Waals surface area contributed by atoms with Gasteiger partial charge >= 0.3 is 0 Å². The van der Waals surface area contributed by atoms with E-state index in [-0.39, 0.29) is 0 Å². The van der Waals surface area contributed by atoms with Crippen LogP contribution in [0.1, 0.15) is 19.8 Å². The molecule has 2 fully saturated rings. The quantitative estimate of drug-likeness (QED) is 0.793. The molecule has 92 valence electrons. The van der Waals surface area contributed by atoms with E-state index in [4.69, 9.17) is 5.73 Å². The Labute approximate surface area is 102 Å². The summed E-state index contributed by atoms with van der Waals surface area (Å²) in [6.45, 7) is 5.79. The number of hydrogen-bond acceptors (Lipinski definition) is 4. The van der Waals surface area contributed by atoms with Crippen LogP contribution >= 0.6 is 0 Å². The van der Waals surface area contributed by atoms with Crippen molar-refractivity contribution in [2.45, 2.75) is 31.8 Å². The summed E-state index contributed by atoms with van der Waals surface area (Å²) < 4.78 is 0. The molecule has 0 aliphatic carbocycles. The van der Waals surface area contributed by atoms with E-state index >= 15 is 0 Å². The Hall–Kier alpha value is -1.29. The molecule has 0 amide bonds. The van der Waals surface area contributed by atoms with Crippen LogP contribution in [-0.4, -0.2) is 41.6 Å². The molecule has 1 aromatic rings. The largest absolute Gasteiger partial charge is 0.382 e. The summed E-state index contributed by atoms with van der Waals surface area (Å²) in [6, 6.07) is 5.30. The normalized spacial score (nSPS) is 29.4. The third kappa shape index (κ3) is 1.86. The van der Waals surface area contributed by atoms with Crippen molar-refractivity contribution in [1.82, 2.24) is 9.88 Å². The number of nitrogen functional groups attached to an aromatic ring is 1. The number of hydrogen-bond donors (Lipinski definition) is 1. The summed E-state index contributed by atoms with van der Waals surface area (Å²) >= 11 is 0. The maximum absolute atomic E-state index is 5.98. The van der Waals surface area contributed by atoms with Crippen LogP contribution in [0, 0.1) is 0 Å². The first-order chi connectivity index (χ1) is 8.25. The van der Waals surface area contributed by atoms with Gasteiger partial charge in [0.15, 0.2) is 0 Å². The van der Waals surface area contributed by atoms with Crippen LogP contribution in [0.3, 0.4) is 0 Å². The van der Waals surface area contributed by atoms with Gasteiger partial charge in [0.25, 0.3) is 0 Å². The van der Waals surface area contributed by atoms with Gasteiger partial charge in [-0.05, 0) is 38.4 Å². The van der Waals surface area contributed by atoms with Gasteiger partial charge < -0.3 is 10.6 Å². The van der Waals surface area contributed by atoms with Crippen LogP contribution in [0.4, 0.5) is 11.5 Å². The lowest BCUT2D eigenvalue weighted by molar-refractivity contribution is 0.203. The van der Waals surface area contributed by atoms with Gasteiger partial charge in [-0.25, -0.2) is 4.98 Å². The lowest BCUT2D eigenvalue weighted by Crippen LogP contribution is -2.55. The van der Waals surface area contributed by atoms with E-state index in [2.05, 4.69) is 27.8 Å². The van der Waals surface area contributed by atoms with Crippen molar-refractivity contribution in [1.29, 1.82) is 0 Å². The van der Waals surface area contributed by atoms with Gasteiger partial charge in [0, 0.05) is 31.4 Å². The van der Waals surface area contributed by atoms with Crippen LogP contribution in [-0.2, 0) is 0 Å². The molecular weight excluding hydrogens is 212 g/mol. The minimum Gasteiger partial charge on any atom is -0.382 e. The molecule has 0 spiro atoms. The van der Waals surface area contributed by atoms with E-state index < -0.39 is 0 Å². The maximum atomic E-state index is 5.98. The van der Waals surface area contributed by atoms with Crippen LogP contribution in [0.15, 0.2) is 18.3 Å². The Morgan fingerprint density at radius 2 is 2.29 bits per heavy atom. The highest BCUT2D eigenvalue weighted by molar-refractivity contribution is 5.63. The Balaban J connectivity index is 1.85. The van der Waals surface area contributed by atoms with Gasteiger partial charge in [-0.15, -0.1) is 0 Å². The molecule has 4 nitrogen and oxygen atoms in total. The van der Waals surface area contributed by atoms with Gasteiger partial charge in [0.05, 0.1) is 5.69 Å². The molecule has 2 aliphatic rings. The van der Waals surface area contributed by atoms with Gasteiger partial charge in [-0.1, -0.05) is 0 Å². The fourth-order valence-corrected chi connectivity index (χ4v) is 3.17. The lowest BCUT2D eigenvalue weighted by Gasteiger charge is -2.43. The first-order valence-corrected chi connectivity index (χ1v) is 6.47. The number of fused-ring (bicyclic) bond motifs is 1. The number of rotatable bonds is 1. The molecule has 2 unspecified atom stereocenters. The maximum Gasteiger partial charge on any atom is 0.146 e. The molecule has 0 bridgehead atoms. The molecule has 2 atom stereocenters. The number of piperazine rings is 1. The van der Waals surface area contributed by atoms with E-state index in [9.17, 15) is 0 Å². The molecule has 1 aromatic heterocycles. The molecule has 17 heavy (non-hydrogen) atoms. The van der Waals surface area contributed by atoms with E-state index in [0.717, 1.165) is 18.8 Å². The third-order valence-corrected chi connectivity index (χ3v) is 4.06. The monoisotopic (exact) mass is 232 g/mol. The van der Waals surface area contributed by atoms with Crippen LogP contribution in [0.2, 0.25) is 0 Å². The van der Waals surface area contributed by atoms with E-state index in [1.807, 2.05) is 6.07 Å². The molecule has 2 aliphatic heterocycles. The van der Waals surface area contributed by atoms with Gasteiger partial charge in [-0.2, -0.15) is 0 Å². The van der Waals surface area contributed by atoms with Crippen molar-refractivity contribution in [2.75, 3.05) is 30.3 Å². The lowest BCUT2D eigenvalue weighted by atomic mass is 10.1. The Kier molecular flexibility index (Phi) is 2.67. The average Bonchev–Trinajstić information content (AvgIpc) is 2.76. The fraction of sp³-hybridized carbons (Fsp3) is 0.615. The SMILES string of the molecule is CC1CN2CCCC2CN1c1cccnc1N. The van der Waals surface area contributed by atoms with Crippen LogP contribution < -0.4 is 10.6 Å². The molecular formula is C13H20N4. The Bertz CT molecular complexity index is 406. The fourth-order valence-electron chi connectivity index (χ4n) is 3.17. The predicted molar refractivity (Wildman–Crippen MR) is 70.1 cm³/mol. The summed E-state index contributed by atoms with van der Waals surface area (Å²) in [6.07, 6.45) is 4.42. The molecule has 3 rings (SSSR count). The van der Waals surface area contributed by atoms with Gasteiger partial charge in [-0.3, -0.25) is 4.90 Å². The number of anilines is 2. The second-order valence-corrected chi connectivity index (χ2v) is 5.20. The van der Waals surface area contributed by atoms with E-state index in [1.54, 1.807) is 6.20 Å². The Morgan fingerprint density at radius 1 is 1.41 bits per heavy atom. The third-order valence-electron chi connectivity index (χ3n) is 4.06. The van der Waals surface area contributed by atoms with Gasteiger partial charge in [0.1, 0.15) is 5.82 Å². The molecule has 0 saturated carbocycles. The van der Waals surface area contributed by atoms with Crippen molar-refractivity contribution in [3.05, 3.63) is 18.3 Å². The smallest absolute Gasteiger partial charge is 0.146 e. The second kappa shape index (κ2) is 4.18. The zero-order valence-electron chi connectivity index (χ0n) is 10.3.